The molecule has 140 valence electrons. The number of likely N-dealkylation sites (tertiary alicyclic amines) is 1. The normalized spacial score (nSPS) is 22.9. The number of carbonyl (C=O) groups is 1. The first kappa shape index (κ1) is 19.7. The topological polar surface area (TPSA) is 93.3 Å². The van der Waals surface area contributed by atoms with Crippen molar-refractivity contribution in [3.05, 3.63) is 21.5 Å². The summed E-state index contributed by atoms with van der Waals surface area (Å²) in [6.45, 7) is 7.49. The average molecular weight is 372 g/mol. The molecule has 1 aromatic heterocycles. The first-order chi connectivity index (χ1) is 11.5. The van der Waals surface area contributed by atoms with E-state index >= 15 is 0 Å². The average Bonchev–Trinajstić information content (AvgIpc) is 3.03. The summed E-state index contributed by atoms with van der Waals surface area (Å²) < 4.78 is 1.59. The molecule has 25 heavy (non-hydrogen) atoms. The van der Waals surface area contributed by atoms with Crippen LogP contribution >= 0.6 is 12.4 Å². The highest BCUT2D eigenvalue weighted by atomic mass is 35.5. The number of aromatic nitrogens is 2. The summed E-state index contributed by atoms with van der Waals surface area (Å²) in [6.07, 6.45) is 2.47. The minimum absolute atomic E-state index is 0. The van der Waals surface area contributed by atoms with E-state index in [0.29, 0.717) is 36.2 Å². The summed E-state index contributed by atoms with van der Waals surface area (Å²) in [6, 6.07) is 0. The quantitative estimate of drug-likeness (QED) is 0.642. The number of carbonyl (C=O) groups excluding carboxylic acids is 1. The third-order valence-corrected chi connectivity index (χ3v) is 5.44. The van der Waals surface area contributed by atoms with E-state index < -0.39 is 4.92 Å². The van der Waals surface area contributed by atoms with Crippen molar-refractivity contribution in [2.45, 2.75) is 39.7 Å². The molecule has 8 nitrogen and oxygen atoms in total. The van der Waals surface area contributed by atoms with Crippen molar-refractivity contribution < 1.29 is 9.72 Å². The smallest absolute Gasteiger partial charge is 0.312 e. The molecule has 9 heteroatoms. The molecule has 1 N–H and O–H groups in total. The Labute approximate surface area is 153 Å². The second-order valence-electron chi connectivity index (χ2n) is 6.89. The minimum Gasteiger partial charge on any atom is -0.343 e. The number of nitrogens with one attached hydrogen (secondary N) is 1. The number of rotatable bonds is 4. The molecule has 0 bridgehead atoms. The van der Waals surface area contributed by atoms with Gasteiger partial charge in [-0.15, -0.1) is 12.4 Å². The van der Waals surface area contributed by atoms with Crippen molar-refractivity contribution >= 4 is 24.0 Å². The molecule has 0 aromatic carbocycles. The Morgan fingerprint density at radius 2 is 1.88 bits per heavy atom. The van der Waals surface area contributed by atoms with Crippen LogP contribution in [0.1, 0.15) is 30.7 Å². The van der Waals surface area contributed by atoms with Gasteiger partial charge in [0.2, 0.25) is 5.91 Å². The van der Waals surface area contributed by atoms with Gasteiger partial charge in [0.15, 0.2) is 0 Å². The standard InChI is InChI=1S/C16H25N5O3.ClH/c1-11-16(21(23)24)12(2)20(18-11)8-5-15(22)19-6-3-13-9-17-10-14(13)4-7-19;/h13-14,17H,3-10H2,1-2H3;1H/t13-,14+;. The maximum atomic E-state index is 12.5. The number of nitro groups is 1. The molecule has 0 aliphatic carbocycles. The zero-order valence-electron chi connectivity index (χ0n) is 14.7. The summed E-state index contributed by atoms with van der Waals surface area (Å²) in [7, 11) is 0. The van der Waals surface area contributed by atoms with Gasteiger partial charge < -0.3 is 10.2 Å². The van der Waals surface area contributed by atoms with Crippen molar-refractivity contribution in [1.29, 1.82) is 0 Å². The molecule has 0 saturated carbocycles. The molecule has 3 rings (SSSR count). The lowest BCUT2D eigenvalue weighted by Gasteiger charge is -2.21. The minimum atomic E-state index is -0.405. The first-order valence-corrected chi connectivity index (χ1v) is 8.64. The number of hydrogen-bond acceptors (Lipinski definition) is 5. The largest absolute Gasteiger partial charge is 0.343 e. The van der Waals surface area contributed by atoms with Crippen LogP contribution in [0.2, 0.25) is 0 Å². The fraction of sp³-hybridized carbons (Fsp3) is 0.750. The number of nitrogens with zero attached hydrogens (tertiary/aromatic N) is 4. The molecule has 2 atom stereocenters. The molecule has 0 unspecified atom stereocenters. The highest BCUT2D eigenvalue weighted by molar-refractivity contribution is 5.85. The molecule has 2 fully saturated rings. The number of fused-ring (bicyclic) bond motifs is 1. The van der Waals surface area contributed by atoms with Crippen LogP contribution in [0.25, 0.3) is 0 Å². The number of halogens is 1. The van der Waals surface area contributed by atoms with Gasteiger partial charge in [-0.25, -0.2) is 0 Å². The van der Waals surface area contributed by atoms with E-state index in [1.165, 1.54) is 0 Å². The van der Waals surface area contributed by atoms with E-state index in [0.717, 1.165) is 39.0 Å². The zero-order chi connectivity index (χ0) is 17.3. The Kier molecular flexibility index (Phi) is 6.40. The highest BCUT2D eigenvalue weighted by Crippen LogP contribution is 2.27. The van der Waals surface area contributed by atoms with Crippen LogP contribution in [0.4, 0.5) is 5.69 Å². The third-order valence-electron chi connectivity index (χ3n) is 5.44. The van der Waals surface area contributed by atoms with Crippen molar-refractivity contribution in [3.63, 3.8) is 0 Å². The Hall–Kier alpha value is -1.67. The molecule has 0 spiro atoms. The number of aryl methyl sites for hydroxylation is 2. The monoisotopic (exact) mass is 371 g/mol. The van der Waals surface area contributed by atoms with Crippen LogP contribution in [0.3, 0.4) is 0 Å². The van der Waals surface area contributed by atoms with Gasteiger partial charge in [-0.3, -0.25) is 19.6 Å². The summed E-state index contributed by atoms with van der Waals surface area (Å²) in [5.41, 5.74) is 0.972. The van der Waals surface area contributed by atoms with Crippen LogP contribution in [0.5, 0.6) is 0 Å². The first-order valence-electron chi connectivity index (χ1n) is 8.64. The molecular formula is C16H26ClN5O3. The van der Waals surface area contributed by atoms with Crippen molar-refractivity contribution in [2.24, 2.45) is 11.8 Å². The van der Waals surface area contributed by atoms with Crippen molar-refractivity contribution in [2.75, 3.05) is 26.2 Å². The second kappa shape index (κ2) is 8.14. The van der Waals surface area contributed by atoms with Gasteiger partial charge in [-0.05, 0) is 51.6 Å². The lowest BCUT2D eigenvalue weighted by molar-refractivity contribution is -0.386. The van der Waals surface area contributed by atoms with Crippen LogP contribution in [-0.4, -0.2) is 51.7 Å². The van der Waals surface area contributed by atoms with E-state index in [1.807, 2.05) is 4.90 Å². The maximum Gasteiger partial charge on any atom is 0.312 e. The van der Waals surface area contributed by atoms with Gasteiger partial charge >= 0.3 is 5.69 Å². The van der Waals surface area contributed by atoms with Crippen LogP contribution in [0, 0.1) is 35.8 Å². The van der Waals surface area contributed by atoms with Crippen LogP contribution in [-0.2, 0) is 11.3 Å². The van der Waals surface area contributed by atoms with Crippen LogP contribution in [0.15, 0.2) is 0 Å². The summed E-state index contributed by atoms with van der Waals surface area (Å²) in [5.74, 6) is 1.51. The van der Waals surface area contributed by atoms with Gasteiger partial charge in [-0.1, -0.05) is 0 Å². The summed E-state index contributed by atoms with van der Waals surface area (Å²) in [5, 5.41) is 18.7. The Bertz CT molecular complexity index is 634. The van der Waals surface area contributed by atoms with Crippen molar-refractivity contribution in [3.8, 4) is 0 Å². The van der Waals surface area contributed by atoms with E-state index in [9.17, 15) is 14.9 Å². The molecule has 2 aliphatic rings. The molecule has 2 saturated heterocycles. The van der Waals surface area contributed by atoms with Crippen LogP contribution < -0.4 is 5.32 Å². The molecule has 2 aliphatic heterocycles. The molecule has 1 amide bonds. The second-order valence-corrected chi connectivity index (χ2v) is 6.89. The fourth-order valence-electron chi connectivity index (χ4n) is 4.00. The maximum absolute atomic E-state index is 12.5. The number of hydrogen-bond donors (Lipinski definition) is 1. The Balaban J connectivity index is 0.00000225. The molecule has 3 heterocycles. The summed E-state index contributed by atoms with van der Waals surface area (Å²) >= 11 is 0. The predicted octanol–water partition coefficient (Wildman–Crippen LogP) is 1.68. The van der Waals surface area contributed by atoms with E-state index in [-0.39, 0.29) is 24.0 Å². The van der Waals surface area contributed by atoms with Crippen molar-refractivity contribution in [1.82, 2.24) is 20.0 Å². The molecular weight excluding hydrogens is 346 g/mol. The summed E-state index contributed by atoms with van der Waals surface area (Å²) in [4.78, 5) is 25.1. The van der Waals surface area contributed by atoms with Gasteiger partial charge in [0, 0.05) is 19.5 Å². The van der Waals surface area contributed by atoms with Gasteiger partial charge in [0.05, 0.1) is 11.5 Å². The van der Waals surface area contributed by atoms with E-state index in [2.05, 4.69) is 10.4 Å². The van der Waals surface area contributed by atoms with Gasteiger partial charge in [0.1, 0.15) is 11.4 Å². The zero-order valence-corrected chi connectivity index (χ0v) is 15.5. The predicted molar refractivity (Wildman–Crippen MR) is 95.9 cm³/mol. The van der Waals surface area contributed by atoms with Gasteiger partial charge in [0.25, 0.3) is 0 Å². The molecule has 1 aromatic rings. The fourth-order valence-corrected chi connectivity index (χ4v) is 4.00. The Morgan fingerprint density at radius 1 is 1.28 bits per heavy atom. The Morgan fingerprint density at radius 3 is 2.40 bits per heavy atom. The lowest BCUT2D eigenvalue weighted by Crippen LogP contribution is -2.33. The van der Waals surface area contributed by atoms with E-state index in [4.69, 9.17) is 0 Å². The lowest BCUT2D eigenvalue weighted by atomic mass is 9.92. The van der Waals surface area contributed by atoms with Gasteiger partial charge in [-0.2, -0.15) is 5.10 Å². The molecule has 0 radical (unpaired) electrons. The number of amides is 1. The van der Waals surface area contributed by atoms with E-state index in [1.54, 1.807) is 18.5 Å². The SMILES string of the molecule is Cc1nn(CCC(=O)N2CC[C@@H]3CNC[C@@H]3CC2)c(C)c1[N+](=O)[O-].Cl. The highest BCUT2D eigenvalue weighted by Gasteiger charge is 2.31. The third kappa shape index (κ3) is 4.12.